The van der Waals surface area contributed by atoms with Crippen molar-refractivity contribution in [2.24, 2.45) is 5.41 Å². The number of aliphatic hydroxyl groups is 1. The number of hydrogen-bond donors (Lipinski definition) is 1. The van der Waals surface area contributed by atoms with E-state index >= 15 is 0 Å². The minimum Gasteiger partial charge on any atom is -0.491 e. The highest BCUT2D eigenvalue weighted by Gasteiger charge is 2.37. The van der Waals surface area contributed by atoms with Crippen LogP contribution in [0.25, 0.3) is 11.1 Å². The highest BCUT2D eigenvalue weighted by atomic mass is 19.2. The molecule has 26 heavy (non-hydrogen) atoms. The number of rotatable bonds is 4. The van der Waals surface area contributed by atoms with Crippen LogP contribution >= 0.6 is 0 Å². The predicted octanol–water partition coefficient (Wildman–Crippen LogP) is 5.82. The summed E-state index contributed by atoms with van der Waals surface area (Å²) in [5.74, 6) is -1.96. The summed E-state index contributed by atoms with van der Waals surface area (Å²) in [6.07, 6.45) is 3.35. The van der Waals surface area contributed by atoms with Crippen LogP contribution in [0.3, 0.4) is 0 Å². The lowest BCUT2D eigenvalue weighted by molar-refractivity contribution is -0.0305. The van der Waals surface area contributed by atoms with Crippen LogP contribution in [0, 0.1) is 17.0 Å². The van der Waals surface area contributed by atoms with Gasteiger partial charge in [0.1, 0.15) is 0 Å². The summed E-state index contributed by atoms with van der Waals surface area (Å²) in [4.78, 5) is 0. The van der Waals surface area contributed by atoms with Crippen LogP contribution in [0.4, 0.5) is 8.78 Å². The SMILES string of the molecule is CCOc1ccc(-c2ccc(C3(O)CCC(C)(C)CC3)cc2)c(F)c1F. The van der Waals surface area contributed by atoms with Gasteiger partial charge < -0.3 is 9.84 Å². The number of hydrogen-bond acceptors (Lipinski definition) is 2. The Kier molecular flexibility index (Phi) is 5.07. The lowest BCUT2D eigenvalue weighted by Crippen LogP contribution is -2.34. The van der Waals surface area contributed by atoms with Gasteiger partial charge in [-0.2, -0.15) is 4.39 Å². The van der Waals surface area contributed by atoms with Gasteiger partial charge in [-0.25, -0.2) is 4.39 Å². The van der Waals surface area contributed by atoms with Gasteiger partial charge in [0.05, 0.1) is 12.2 Å². The second kappa shape index (κ2) is 6.99. The molecule has 140 valence electrons. The monoisotopic (exact) mass is 360 g/mol. The average molecular weight is 360 g/mol. The van der Waals surface area contributed by atoms with Gasteiger partial charge >= 0.3 is 0 Å². The third-order valence-corrected chi connectivity index (χ3v) is 5.51. The van der Waals surface area contributed by atoms with Crippen molar-refractivity contribution in [3.8, 4) is 16.9 Å². The molecule has 0 radical (unpaired) electrons. The Morgan fingerprint density at radius 3 is 2.12 bits per heavy atom. The first kappa shape index (κ1) is 18.8. The van der Waals surface area contributed by atoms with E-state index in [-0.39, 0.29) is 23.3 Å². The molecule has 0 atom stereocenters. The Labute approximate surface area is 153 Å². The minimum atomic E-state index is -0.971. The second-order valence-electron chi connectivity index (χ2n) is 7.95. The molecule has 1 fully saturated rings. The van der Waals surface area contributed by atoms with Crippen molar-refractivity contribution < 1.29 is 18.6 Å². The van der Waals surface area contributed by atoms with Gasteiger partial charge in [-0.3, -0.25) is 0 Å². The summed E-state index contributed by atoms with van der Waals surface area (Å²) in [5.41, 5.74) is 1.02. The van der Waals surface area contributed by atoms with Crippen molar-refractivity contribution in [1.29, 1.82) is 0 Å². The predicted molar refractivity (Wildman–Crippen MR) is 99.1 cm³/mol. The van der Waals surface area contributed by atoms with E-state index in [4.69, 9.17) is 4.74 Å². The van der Waals surface area contributed by atoms with E-state index in [1.165, 1.54) is 12.1 Å². The van der Waals surface area contributed by atoms with Crippen molar-refractivity contribution >= 4 is 0 Å². The fourth-order valence-corrected chi connectivity index (χ4v) is 3.61. The molecule has 2 nitrogen and oxygen atoms in total. The second-order valence-corrected chi connectivity index (χ2v) is 7.95. The third-order valence-electron chi connectivity index (χ3n) is 5.51. The van der Waals surface area contributed by atoms with E-state index in [9.17, 15) is 13.9 Å². The molecule has 0 unspecified atom stereocenters. The zero-order valence-electron chi connectivity index (χ0n) is 15.6. The summed E-state index contributed by atoms with van der Waals surface area (Å²) in [6, 6.07) is 10.1. The summed E-state index contributed by atoms with van der Waals surface area (Å²) in [7, 11) is 0. The lowest BCUT2D eigenvalue weighted by Gasteiger charge is -2.40. The van der Waals surface area contributed by atoms with E-state index < -0.39 is 17.2 Å². The summed E-state index contributed by atoms with van der Waals surface area (Å²) in [5, 5.41) is 11.0. The van der Waals surface area contributed by atoms with E-state index in [1.54, 1.807) is 19.1 Å². The van der Waals surface area contributed by atoms with E-state index in [1.807, 2.05) is 12.1 Å². The normalized spacial score (nSPS) is 18.5. The van der Waals surface area contributed by atoms with Gasteiger partial charge in [0, 0.05) is 5.56 Å². The Balaban J connectivity index is 1.85. The van der Waals surface area contributed by atoms with Crippen LogP contribution in [0.5, 0.6) is 5.75 Å². The smallest absolute Gasteiger partial charge is 0.201 e. The standard InChI is InChI=1S/C22H26F2O2/c1-4-26-18-10-9-17(19(23)20(18)24)15-5-7-16(8-6-15)22(25)13-11-21(2,3)12-14-22/h5-10,25H,4,11-14H2,1-3H3. The maximum atomic E-state index is 14.4. The van der Waals surface area contributed by atoms with Crippen molar-refractivity contribution in [1.82, 2.24) is 0 Å². The third kappa shape index (κ3) is 3.61. The fraction of sp³-hybridized carbons (Fsp3) is 0.455. The molecular weight excluding hydrogens is 334 g/mol. The van der Waals surface area contributed by atoms with Crippen molar-refractivity contribution in [2.75, 3.05) is 6.61 Å². The Hall–Kier alpha value is -1.94. The molecule has 2 aromatic carbocycles. The average Bonchev–Trinajstić information content (AvgIpc) is 2.62. The largest absolute Gasteiger partial charge is 0.491 e. The summed E-state index contributed by atoms with van der Waals surface area (Å²) >= 11 is 0. The molecule has 0 bridgehead atoms. The van der Waals surface area contributed by atoms with Crippen LogP contribution in [0.1, 0.15) is 52.0 Å². The van der Waals surface area contributed by atoms with Crippen LogP contribution < -0.4 is 4.74 Å². The highest BCUT2D eigenvalue weighted by molar-refractivity contribution is 5.65. The quantitative estimate of drug-likeness (QED) is 0.744. The molecule has 0 amide bonds. The Morgan fingerprint density at radius 2 is 1.54 bits per heavy atom. The van der Waals surface area contributed by atoms with Gasteiger partial charge in [0.25, 0.3) is 0 Å². The van der Waals surface area contributed by atoms with Gasteiger partial charge in [0.2, 0.25) is 5.82 Å². The first-order valence-electron chi connectivity index (χ1n) is 9.20. The van der Waals surface area contributed by atoms with Crippen LogP contribution in [0.15, 0.2) is 36.4 Å². The van der Waals surface area contributed by atoms with E-state index in [0.29, 0.717) is 18.4 Å². The molecule has 0 heterocycles. The summed E-state index contributed by atoms with van der Waals surface area (Å²) in [6.45, 7) is 6.44. The van der Waals surface area contributed by atoms with Crippen molar-refractivity contribution in [3.63, 3.8) is 0 Å². The van der Waals surface area contributed by atoms with Crippen molar-refractivity contribution in [3.05, 3.63) is 53.6 Å². The molecule has 1 aliphatic rings. The lowest BCUT2D eigenvalue weighted by atomic mass is 9.69. The number of ether oxygens (including phenoxy) is 1. The summed E-state index contributed by atoms with van der Waals surface area (Å²) < 4.78 is 33.6. The number of benzene rings is 2. The van der Waals surface area contributed by atoms with E-state index in [2.05, 4.69) is 13.8 Å². The molecule has 4 heteroatoms. The maximum Gasteiger partial charge on any atom is 0.201 e. The first-order chi connectivity index (χ1) is 12.3. The zero-order valence-corrected chi connectivity index (χ0v) is 15.6. The molecule has 1 N–H and O–H groups in total. The van der Waals surface area contributed by atoms with Gasteiger partial charge in [-0.05, 0) is 61.3 Å². The zero-order chi connectivity index (χ0) is 18.9. The first-order valence-corrected chi connectivity index (χ1v) is 9.20. The van der Waals surface area contributed by atoms with Crippen LogP contribution in [-0.2, 0) is 5.60 Å². The molecule has 0 saturated heterocycles. The Morgan fingerprint density at radius 1 is 0.923 bits per heavy atom. The Bertz CT molecular complexity index is 771. The molecule has 1 saturated carbocycles. The number of halogens is 2. The van der Waals surface area contributed by atoms with Crippen molar-refractivity contribution in [2.45, 2.75) is 52.1 Å². The topological polar surface area (TPSA) is 29.5 Å². The van der Waals surface area contributed by atoms with Crippen LogP contribution in [0.2, 0.25) is 0 Å². The van der Waals surface area contributed by atoms with E-state index in [0.717, 1.165) is 18.4 Å². The molecular formula is C22H26F2O2. The van der Waals surface area contributed by atoms with Gasteiger partial charge in [-0.15, -0.1) is 0 Å². The van der Waals surface area contributed by atoms with Crippen LogP contribution in [-0.4, -0.2) is 11.7 Å². The fourth-order valence-electron chi connectivity index (χ4n) is 3.61. The molecule has 3 rings (SSSR count). The molecule has 0 aliphatic heterocycles. The molecule has 2 aromatic rings. The minimum absolute atomic E-state index is 0.0792. The van der Waals surface area contributed by atoms with Gasteiger partial charge in [-0.1, -0.05) is 38.1 Å². The maximum absolute atomic E-state index is 14.4. The molecule has 0 aromatic heterocycles. The highest BCUT2D eigenvalue weighted by Crippen LogP contribution is 2.45. The molecule has 0 spiro atoms. The van der Waals surface area contributed by atoms with Gasteiger partial charge in [0.15, 0.2) is 11.6 Å². The molecule has 1 aliphatic carbocycles.